The van der Waals surface area contributed by atoms with Crippen LogP contribution in [0.1, 0.15) is 54.0 Å². The highest BCUT2D eigenvalue weighted by atomic mass is 28.3. The van der Waals surface area contributed by atoms with E-state index < -0.39 is 18.1 Å². The summed E-state index contributed by atoms with van der Waals surface area (Å²) in [6.07, 6.45) is 2.44. The monoisotopic (exact) mass is 797 g/mol. The molecule has 2 N–H and O–H groups in total. The summed E-state index contributed by atoms with van der Waals surface area (Å²) < 4.78 is 28.9. The van der Waals surface area contributed by atoms with Crippen molar-refractivity contribution in [2.45, 2.75) is 66.2 Å². The van der Waals surface area contributed by atoms with E-state index in [4.69, 9.17) is 34.0 Å². The topological polar surface area (TPSA) is 107 Å². The van der Waals surface area contributed by atoms with Crippen molar-refractivity contribution < 1.29 is 18.3 Å². The molecule has 5 atom stereocenters. The van der Waals surface area contributed by atoms with E-state index in [-0.39, 0.29) is 46.9 Å². The number of fused-ring (bicyclic) bond motifs is 1. The largest absolute Gasteiger partial charge is 0.474 e. The molecule has 7 rings (SSSR count). The third-order valence-electron chi connectivity index (χ3n) is 10.8. The van der Waals surface area contributed by atoms with Crippen LogP contribution in [-0.2, 0) is 13.6 Å². The van der Waals surface area contributed by atoms with Gasteiger partial charge in [-0.15, -0.1) is 0 Å². The van der Waals surface area contributed by atoms with Gasteiger partial charge < -0.3 is 28.6 Å². The molecular formula is C46H55N5O4Si2. The van der Waals surface area contributed by atoms with E-state index in [1.807, 2.05) is 6.33 Å². The number of methoxy groups -OCH3 is 1. The Kier molecular flexibility index (Phi) is 12.4. The van der Waals surface area contributed by atoms with E-state index in [0.29, 0.717) is 30.3 Å². The number of nitrogen functional groups attached to an aromatic ring is 1. The molecule has 6 aromatic rings. The molecule has 2 aromatic heterocycles. The second-order valence-corrected chi connectivity index (χ2v) is 21.1. The van der Waals surface area contributed by atoms with Crippen LogP contribution in [0.4, 0.5) is 5.95 Å². The molecule has 0 spiro atoms. The van der Waals surface area contributed by atoms with Crippen molar-refractivity contribution in [1.29, 1.82) is 0 Å². The molecule has 2 radical (unpaired) electrons. The van der Waals surface area contributed by atoms with E-state index >= 15 is 0 Å². The Morgan fingerprint density at radius 3 is 1.56 bits per heavy atom. The number of nitrogens with zero attached hydrogens (tertiary/aromatic N) is 4. The van der Waals surface area contributed by atoms with E-state index in [2.05, 4.69) is 172 Å². The highest BCUT2D eigenvalue weighted by Crippen LogP contribution is 2.56. The minimum absolute atomic E-state index is 0.0160. The molecule has 0 aliphatic heterocycles. The molecule has 9 nitrogen and oxygen atoms in total. The van der Waals surface area contributed by atoms with Crippen LogP contribution >= 0.6 is 0 Å². The number of ether oxygens (including phenoxy) is 2. The van der Waals surface area contributed by atoms with Gasteiger partial charge in [0.1, 0.15) is 6.61 Å². The molecule has 11 heteroatoms. The summed E-state index contributed by atoms with van der Waals surface area (Å²) in [6, 6.07) is 42.9. The van der Waals surface area contributed by atoms with Gasteiger partial charge in [0.25, 0.3) is 18.1 Å². The molecule has 1 aliphatic rings. The summed E-state index contributed by atoms with van der Waals surface area (Å²) in [6.45, 7) is 14.6. The van der Waals surface area contributed by atoms with E-state index in [9.17, 15) is 0 Å². The van der Waals surface area contributed by atoms with Gasteiger partial charge in [-0.25, -0.2) is 4.98 Å². The van der Waals surface area contributed by atoms with Crippen LogP contribution in [0.2, 0.25) is 0 Å². The number of imidazole rings is 1. The van der Waals surface area contributed by atoms with E-state index in [1.54, 1.807) is 7.11 Å². The second kappa shape index (κ2) is 17.5. The van der Waals surface area contributed by atoms with Gasteiger partial charge in [0.2, 0.25) is 11.8 Å². The molecule has 0 bridgehead atoms. The van der Waals surface area contributed by atoms with Gasteiger partial charge in [0, 0.05) is 19.1 Å². The van der Waals surface area contributed by atoms with Crippen molar-refractivity contribution in [3.05, 3.63) is 128 Å². The quantitative estimate of drug-likeness (QED) is 0.0985. The van der Waals surface area contributed by atoms with Crippen molar-refractivity contribution >= 4 is 55.9 Å². The highest BCUT2D eigenvalue weighted by molar-refractivity contribution is 6.80. The summed E-state index contributed by atoms with van der Waals surface area (Å²) >= 11 is 0. The van der Waals surface area contributed by atoms with Gasteiger partial charge in [0.15, 0.2) is 11.2 Å². The number of nitrogens with two attached hydrogens (primary N) is 1. The first kappa shape index (κ1) is 40.5. The molecule has 296 valence electrons. The number of benzene rings is 4. The fourth-order valence-electron chi connectivity index (χ4n) is 8.16. The predicted octanol–water partition coefficient (Wildman–Crippen LogP) is 6.09. The first-order chi connectivity index (χ1) is 27.4. The first-order valence-corrected chi connectivity index (χ1v) is 22.7. The average molecular weight is 798 g/mol. The van der Waals surface area contributed by atoms with Crippen LogP contribution in [0.25, 0.3) is 11.2 Å². The maximum atomic E-state index is 7.74. The van der Waals surface area contributed by atoms with Crippen molar-refractivity contribution in [3.63, 3.8) is 0 Å². The Balaban J connectivity index is 1.36. The van der Waals surface area contributed by atoms with E-state index in [0.717, 1.165) is 6.42 Å². The number of hydrogen-bond donors (Lipinski definition) is 1. The standard InChI is InChI=1S/C46H55N5O4Si2/c1-45(2,3)40(54-56(32-20-12-8-13-21-32)33-22-14-9-15-23-33)36-30-37(51-31-48-39-42(51)49-44(47)50-43(39)53-29-28-52-7)38(36)41(46(4,5)6)55-57(34-24-16-10-17-25-34)35-26-18-11-19-27-35/h8-27,31,36-38,40-41H,28-30H2,1-7H3,(H2,47,49,50)/t36-,37-,38+,40?,41?/m0/s1. The maximum Gasteiger partial charge on any atom is 0.283 e. The van der Waals surface area contributed by atoms with Gasteiger partial charge in [-0.2, -0.15) is 9.97 Å². The van der Waals surface area contributed by atoms with Gasteiger partial charge in [-0.05, 0) is 43.9 Å². The third-order valence-corrected chi connectivity index (χ3v) is 15.2. The van der Waals surface area contributed by atoms with Crippen LogP contribution in [0.5, 0.6) is 5.88 Å². The summed E-state index contributed by atoms with van der Waals surface area (Å²) in [4.78, 5) is 14.1. The molecule has 57 heavy (non-hydrogen) atoms. The van der Waals surface area contributed by atoms with E-state index in [1.165, 1.54) is 20.7 Å². The summed E-state index contributed by atoms with van der Waals surface area (Å²) in [5.41, 5.74) is 7.14. The van der Waals surface area contributed by atoms with Crippen LogP contribution in [0, 0.1) is 22.7 Å². The van der Waals surface area contributed by atoms with Crippen molar-refractivity contribution in [2.24, 2.45) is 22.7 Å². The maximum absolute atomic E-state index is 7.74. The number of hydrogen-bond acceptors (Lipinski definition) is 8. The Morgan fingerprint density at radius 1 is 0.667 bits per heavy atom. The number of anilines is 1. The predicted molar refractivity (Wildman–Crippen MR) is 232 cm³/mol. The van der Waals surface area contributed by atoms with Crippen molar-refractivity contribution in [3.8, 4) is 5.88 Å². The molecular weight excluding hydrogens is 743 g/mol. The van der Waals surface area contributed by atoms with Crippen LogP contribution < -0.4 is 31.2 Å². The lowest BCUT2D eigenvalue weighted by Crippen LogP contribution is -2.62. The number of aromatic nitrogens is 4. The average Bonchev–Trinajstić information content (AvgIpc) is 3.61. The third kappa shape index (κ3) is 9.08. The van der Waals surface area contributed by atoms with Gasteiger partial charge in [-0.1, -0.05) is 163 Å². The minimum Gasteiger partial charge on any atom is -0.474 e. The molecule has 2 unspecified atom stereocenters. The summed E-state index contributed by atoms with van der Waals surface area (Å²) in [5, 5.41) is 4.88. The molecule has 4 aromatic carbocycles. The Hall–Kier alpha value is -4.66. The van der Waals surface area contributed by atoms with Crippen LogP contribution in [0.3, 0.4) is 0 Å². The lowest BCUT2D eigenvalue weighted by atomic mass is 9.57. The molecule has 1 saturated carbocycles. The van der Waals surface area contributed by atoms with Gasteiger partial charge in [0.05, 0.1) is 25.1 Å². The minimum atomic E-state index is -1.69. The normalized spacial score (nSPS) is 18.4. The molecule has 1 aliphatic carbocycles. The van der Waals surface area contributed by atoms with Gasteiger partial charge in [-0.3, -0.25) is 0 Å². The highest BCUT2D eigenvalue weighted by Gasteiger charge is 2.56. The molecule has 1 fully saturated rings. The zero-order valence-electron chi connectivity index (χ0n) is 34.1. The number of rotatable bonds is 15. The zero-order valence-corrected chi connectivity index (χ0v) is 36.1. The zero-order chi connectivity index (χ0) is 40.2. The lowest BCUT2D eigenvalue weighted by Gasteiger charge is -2.57. The fourth-order valence-corrected chi connectivity index (χ4v) is 12.9. The lowest BCUT2D eigenvalue weighted by molar-refractivity contribution is -0.127. The van der Waals surface area contributed by atoms with Gasteiger partial charge >= 0.3 is 0 Å². The SMILES string of the molecule is COCCOc1nc(N)nc2c1ncn2[C@H]1C[C@H](C(O[Si](c2ccccc2)c2ccccc2)C(C)(C)C)[C@H]1C(O[Si](c1ccccc1)c1ccccc1)C(C)(C)C. The Labute approximate surface area is 341 Å². The summed E-state index contributed by atoms with van der Waals surface area (Å²) in [5.74, 6) is 0.649. The van der Waals surface area contributed by atoms with Crippen molar-refractivity contribution in [2.75, 3.05) is 26.1 Å². The molecule has 0 amide bonds. The van der Waals surface area contributed by atoms with Crippen LogP contribution in [0.15, 0.2) is 128 Å². The van der Waals surface area contributed by atoms with Crippen molar-refractivity contribution in [1.82, 2.24) is 19.5 Å². The second-order valence-electron chi connectivity index (χ2n) is 17.0. The Bertz CT molecular complexity index is 2100. The summed E-state index contributed by atoms with van der Waals surface area (Å²) in [7, 11) is -1.68. The van der Waals surface area contributed by atoms with Crippen LogP contribution in [-0.4, -0.2) is 70.1 Å². The first-order valence-electron chi connectivity index (χ1n) is 19.8. The molecule has 0 saturated heterocycles. The Morgan fingerprint density at radius 2 is 1.12 bits per heavy atom. The smallest absolute Gasteiger partial charge is 0.283 e. The molecule has 2 heterocycles. The fraction of sp³-hybridized carbons (Fsp3) is 0.370.